The van der Waals surface area contributed by atoms with E-state index < -0.39 is 10.8 Å². The largest absolute Gasteiger partial charge is 0.477 e. The van der Waals surface area contributed by atoms with E-state index in [1.54, 1.807) is 17.8 Å². The molecule has 0 atom stereocenters. The summed E-state index contributed by atoms with van der Waals surface area (Å²) in [6.45, 7) is 1.77. The fraction of sp³-hybridized carbons (Fsp3) is 0.357. The van der Waals surface area contributed by atoms with Crippen LogP contribution in [0.1, 0.15) is 19.8 Å². The van der Waals surface area contributed by atoms with Crippen LogP contribution in [0.25, 0.3) is 0 Å². The number of thioether (sulfide) groups is 1. The lowest BCUT2D eigenvalue weighted by Gasteiger charge is -2.05. The van der Waals surface area contributed by atoms with Gasteiger partial charge in [0.05, 0.1) is 4.92 Å². The average molecular weight is 368 g/mol. The lowest BCUT2D eigenvalue weighted by Crippen LogP contribution is -2.20. The van der Waals surface area contributed by atoms with E-state index in [1.807, 2.05) is 0 Å². The molecule has 2 aromatic rings. The van der Waals surface area contributed by atoms with Crippen LogP contribution in [0.15, 0.2) is 28.6 Å². The van der Waals surface area contributed by atoms with Crippen LogP contribution in [0.3, 0.4) is 0 Å². The number of para-hydroxylation sites is 2. The van der Waals surface area contributed by atoms with Crippen molar-refractivity contribution in [3.05, 3.63) is 34.4 Å². The number of nitrogens with zero attached hydrogens (tertiary/aromatic N) is 3. The molecule has 0 fully saturated rings. The van der Waals surface area contributed by atoms with E-state index in [0.29, 0.717) is 5.13 Å². The molecule has 0 unspecified atom stereocenters. The molecule has 1 amide bonds. The van der Waals surface area contributed by atoms with Crippen LogP contribution in [0.4, 0.5) is 10.8 Å². The highest BCUT2D eigenvalue weighted by Crippen LogP contribution is 2.27. The van der Waals surface area contributed by atoms with Crippen molar-refractivity contribution in [3.63, 3.8) is 0 Å². The number of amides is 1. The molecule has 1 aromatic carbocycles. The molecule has 1 heterocycles. The quantitative estimate of drug-likeness (QED) is 0.238. The highest BCUT2D eigenvalue weighted by atomic mass is 32.2. The van der Waals surface area contributed by atoms with E-state index in [9.17, 15) is 14.9 Å². The van der Waals surface area contributed by atoms with Gasteiger partial charge in [0, 0.05) is 11.8 Å². The zero-order valence-electron chi connectivity index (χ0n) is 12.9. The van der Waals surface area contributed by atoms with Crippen molar-refractivity contribution < 1.29 is 14.5 Å². The minimum atomic E-state index is -0.558. The van der Waals surface area contributed by atoms with Gasteiger partial charge in [0.15, 0.2) is 16.7 Å². The number of benzene rings is 1. The summed E-state index contributed by atoms with van der Waals surface area (Å²) in [5.74, 6) is 0.556. The minimum Gasteiger partial charge on any atom is -0.477 e. The number of carbonyl (C=O) groups excluding carboxylic acids is 1. The molecule has 128 valence electrons. The van der Waals surface area contributed by atoms with Gasteiger partial charge in [-0.2, -0.15) is 0 Å². The summed E-state index contributed by atoms with van der Waals surface area (Å²) in [6, 6.07) is 5.89. The Labute approximate surface area is 146 Å². The van der Waals surface area contributed by atoms with Crippen molar-refractivity contribution in [2.45, 2.75) is 24.1 Å². The summed E-state index contributed by atoms with van der Waals surface area (Å²) >= 11 is 2.88. The van der Waals surface area contributed by atoms with Gasteiger partial charge in [-0.25, -0.2) is 0 Å². The van der Waals surface area contributed by atoms with Gasteiger partial charge in [-0.3, -0.25) is 20.2 Å². The molecule has 8 nitrogen and oxygen atoms in total. The third-order valence-electron chi connectivity index (χ3n) is 2.80. The molecule has 1 N–H and O–H groups in total. The van der Waals surface area contributed by atoms with Crippen LogP contribution >= 0.6 is 23.1 Å². The summed E-state index contributed by atoms with van der Waals surface area (Å²) < 4.78 is 6.01. The second-order valence-corrected chi connectivity index (χ2v) is 6.96. The molecule has 0 saturated heterocycles. The molecule has 0 bridgehead atoms. The van der Waals surface area contributed by atoms with Gasteiger partial charge in [0.25, 0.3) is 5.91 Å². The maximum Gasteiger partial charge on any atom is 0.310 e. The molecule has 0 spiro atoms. The lowest BCUT2D eigenvalue weighted by atomic mass is 10.3. The van der Waals surface area contributed by atoms with E-state index in [4.69, 9.17) is 4.74 Å². The normalized spacial score (nSPS) is 10.4. The molecule has 0 saturated carbocycles. The Kier molecular flexibility index (Phi) is 6.94. The van der Waals surface area contributed by atoms with Crippen LogP contribution in [-0.2, 0) is 4.79 Å². The number of rotatable bonds is 9. The summed E-state index contributed by atoms with van der Waals surface area (Å²) in [6.07, 6.45) is 2.20. The van der Waals surface area contributed by atoms with Crippen LogP contribution in [0.5, 0.6) is 5.75 Å². The second kappa shape index (κ2) is 9.18. The first-order valence-electron chi connectivity index (χ1n) is 7.22. The topological polar surface area (TPSA) is 107 Å². The molecule has 0 aliphatic rings. The molecule has 2 rings (SSSR count). The Morgan fingerprint density at radius 1 is 1.42 bits per heavy atom. The Bertz CT molecular complexity index is 708. The van der Waals surface area contributed by atoms with E-state index >= 15 is 0 Å². The van der Waals surface area contributed by atoms with Crippen LogP contribution in [0.2, 0.25) is 0 Å². The Morgan fingerprint density at radius 3 is 2.96 bits per heavy atom. The van der Waals surface area contributed by atoms with E-state index in [0.717, 1.165) is 22.9 Å². The summed E-state index contributed by atoms with van der Waals surface area (Å²) in [5.41, 5.74) is -0.184. The van der Waals surface area contributed by atoms with Crippen LogP contribution in [0, 0.1) is 10.1 Å². The van der Waals surface area contributed by atoms with Crippen molar-refractivity contribution >= 4 is 39.8 Å². The third-order valence-corrected chi connectivity index (χ3v) is 4.86. The van der Waals surface area contributed by atoms with E-state index in [2.05, 4.69) is 22.4 Å². The zero-order chi connectivity index (χ0) is 17.4. The smallest absolute Gasteiger partial charge is 0.310 e. The molecule has 0 aliphatic carbocycles. The van der Waals surface area contributed by atoms with E-state index in [-0.39, 0.29) is 18.0 Å². The molecule has 10 heteroatoms. The SMILES string of the molecule is CCCCSc1nnc(NC(=O)COc2ccccc2[N+](=O)[O-])s1. The molecular formula is C14H16N4O4S2. The van der Waals surface area contributed by atoms with Gasteiger partial charge in [0.1, 0.15) is 0 Å². The lowest BCUT2D eigenvalue weighted by molar-refractivity contribution is -0.385. The number of anilines is 1. The van der Waals surface area contributed by atoms with Gasteiger partial charge in [-0.05, 0) is 12.5 Å². The number of unbranched alkanes of at least 4 members (excludes halogenated alkanes) is 1. The number of hydrogen-bond acceptors (Lipinski definition) is 8. The van der Waals surface area contributed by atoms with Crippen molar-refractivity contribution in [3.8, 4) is 5.75 Å². The Hall–Kier alpha value is -2.20. The molecule has 0 aliphatic heterocycles. The van der Waals surface area contributed by atoms with Crippen LogP contribution < -0.4 is 10.1 Å². The van der Waals surface area contributed by atoms with Gasteiger partial charge < -0.3 is 4.74 Å². The number of nitro groups is 1. The first-order valence-corrected chi connectivity index (χ1v) is 9.02. The van der Waals surface area contributed by atoms with Crippen molar-refractivity contribution in [2.75, 3.05) is 17.7 Å². The maximum absolute atomic E-state index is 11.9. The number of ether oxygens (including phenoxy) is 1. The number of hydrogen-bond donors (Lipinski definition) is 1. The van der Waals surface area contributed by atoms with Crippen LogP contribution in [-0.4, -0.2) is 33.4 Å². The first-order chi connectivity index (χ1) is 11.6. The predicted octanol–water partition coefficient (Wildman–Crippen LogP) is 3.36. The monoisotopic (exact) mass is 368 g/mol. The fourth-order valence-corrected chi connectivity index (χ4v) is 3.57. The molecule has 24 heavy (non-hydrogen) atoms. The standard InChI is InChI=1S/C14H16N4O4S2/c1-2-3-8-23-14-17-16-13(24-14)15-12(19)9-22-11-7-5-4-6-10(11)18(20)21/h4-7H,2-3,8-9H2,1H3,(H,15,16,19). The summed E-state index contributed by atoms with van der Waals surface area (Å²) in [5, 5.41) is 21.7. The van der Waals surface area contributed by atoms with Gasteiger partial charge in [0.2, 0.25) is 5.13 Å². The summed E-state index contributed by atoms with van der Waals surface area (Å²) in [7, 11) is 0. The van der Waals surface area contributed by atoms with Crippen molar-refractivity contribution in [1.29, 1.82) is 0 Å². The van der Waals surface area contributed by atoms with Crippen molar-refractivity contribution in [1.82, 2.24) is 10.2 Å². The molecular weight excluding hydrogens is 352 g/mol. The van der Waals surface area contributed by atoms with Gasteiger partial charge in [-0.1, -0.05) is 48.6 Å². The fourth-order valence-electron chi connectivity index (χ4n) is 1.65. The average Bonchev–Trinajstić information content (AvgIpc) is 3.00. The number of nitro benzene ring substituents is 1. The Morgan fingerprint density at radius 2 is 2.21 bits per heavy atom. The highest BCUT2D eigenvalue weighted by Gasteiger charge is 2.15. The third kappa shape index (κ3) is 5.46. The zero-order valence-corrected chi connectivity index (χ0v) is 14.6. The highest BCUT2D eigenvalue weighted by molar-refractivity contribution is 8.01. The first kappa shape index (κ1) is 18.1. The number of nitrogens with one attached hydrogen (secondary N) is 1. The molecule has 0 radical (unpaired) electrons. The van der Waals surface area contributed by atoms with Gasteiger partial charge in [-0.15, -0.1) is 10.2 Å². The number of carbonyl (C=O) groups is 1. The Balaban J connectivity index is 1.85. The second-order valence-electron chi connectivity index (χ2n) is 4.64. The molecule has 1 aromatic heterocycles. The predicted molar refractivity (Wildman–Crippen MR) is 92.8 cm³/mol. The summed E-state index contributed by atoms with van der Waals surface area (Å²) in [4.78, 5) is 22.2. The van der Waals surface area contributed by atoms with E-state index in [1.165, 1.54) is 29.5 Å². The van der Waals surface area contributed by atoms with Crippen molar-refractivity contribution in [2.24, 2.45) is 0 Å². The van der Waals surface area contributed by atoms with Gasteiger partial charge >= 0.3 is 5.69 Å². The number of aromatic nitrogens is 2. The maximum atomic E-state index is 11.9. The minimum absolute atomic E-state index is 0.0470.